The second-order valence-electron chi connectivity index (χ2n) is 6.81. The Morgan fingerprint density at radius 1 is 0.811 bits per heavy atom. The van der Waals surface area contributed by atoms with Crippen LogP contribution in [0.25, 0.3) is 0 Å². The molecule has 0 heterocycles. The van der Waals surface area contributed by atoms with Gasteiger partial charge in [-0.05, 0) is 36.4 Å². The minimum Gasteiger partial charge on any atom is -0.468 e. The van der Waals surface area contributed by atoms with Crippen molar-refractivity contribution in [3.8, 4) is 0 Å². The number of anilines is 2. The van der Waals surface area contributed by atoms with E-state index in [1.54, 1.807) is 0 Å². The highest BCUT2D eigenvalue weighted by atomic mass is 35.5. The molecule has 0 spiro atoms. The van der Waals surface area contributed by atoms with E-state index in [9.17, 15) is 31.2 Å². The Morgan fingerprint density at radius 3 is 1.62 bits per heavy atom. The van der Waals surface area contributed by atoms with Crippen molar-refractivity contribution in [3.63, 3.8) is 0 Å². The molecule has 0 saturated carbocycles. The number of nitrogen functional groups attached to an aromatic ring is 1. The Labute approximate surface area is 223 Å². The molecular formula is C20H24Cl2N4O9S2. The highest BCUT2D eigenvalue weighted by molar-refractivity contribution is 7.89. The van der Waals surface area contributed by atoms with E-state index in [1.807, 2.05) is 0 Å². The molecule has 0 aliphatic carbocycles. The van der Waals surface area contributed by atoms with Gasteiger partial charge in [-0.25, -0.2) is 16.8 Å². The molecule has 1 amide bonds. The van der Waals surface area contributed by atoms with E-state index < -0.39 is 45.1 Å². The summed E-state index contributed by atoms with van der Waals surface area (Å²) in [7, 11) is -5.36. The second-order valence-corrected chi connectivity index (χ2v) is 11.2. The minimum atomic E-state index is -3.88. The molecule has 0 bridgehead atoms. The first kappa shape index (κ1) is 32.1. The average Bonchev–Trinajstić information content (AvgIpc) is 2.84. The van der Waals surface area contributed by atoms with Crippen molar-refractivity contribution in [2.45, 2.75) is 16.7 Å². The topological polar surface area (TPSA) is 200 Å². The number of nitrogens with one attached hydrogen (secondary N) is 3. The number of hydrogen-bond donors (Lipinski definition) is 4. The fourth-order valence-corrected chi connectivity index (χ4v) is 4.78. The lowest BCUT2D eigenvalue weighted by Crippen LogP contribution is -2.30. The minimum absolute atomic E-state index is 0.0689. The zero-order chi connectivity index (χ0) is 28.4. The predicted octanol–water partition coefficient (Wildman–Crippen LogP) is 1.12. The fraction of sp³-hybridized carbons (Fsp3) is 0.250. The molecule has 13 nitrogen and oxygen atoms in total. The number of nitrogens with two attached hydrogens (primary N) is 1. The van der Waals surface area contributed by atoms with Gasteiger partial charge in [-0.15, -0.1) is 0 Å². The van der Waals surface area contributed by atoms with Gasteiger partial charge in [0.1, 0.15) is 13.1 Å². The molecule has 2 aromatic rings. The molecule has 2 rings (SSSR count). The molecule has 0 fully saturated rings. The molecule has 0 unspecified atom stereocenters. The highest BCUT2D eigenvalue weighted by Gasteiger charge is 2.18. The fourth-order valence-electron chi connectivity index (χ4n) is 2.25. The SMILES string of the molecule is COC(=O)CNS(=O)(=O)c1ccc(N)c(Cl)c1.COC(=O)CNS(=O)(=O)c1ccc(NC(C)=O)c(Cl)c1. The van der Waals surface area contributed by atoms with E-state index in [-0.39, 0.29) is 31.4 Å². The van der Waals surface area contributed by atoms with E-state index >= 15 is 0 Å². The second kappa shape index (κ2) is 14.1. The van der Waals surface area contributed by atoms with Crippen molar-refractivity contribution in [2.75, 3.05) is 38.4 Å². The van der Waals surface area contributed by atoms with Crippen molar-refractivity contribution in [1.82, 2.24) is 9.44 Å². The van der Waals surface area contributed by atoms with Crippen LogP contribution in [0.5, 0.6) is 0 Å². The summed E-state index contributed by atoms with van der Waals surface area (Å²) in [4.78, 5) is 32.4. The molecule has 37 heavy (non-hydrogen) atoms. The third-order valence-electron chi connectivity index (χ3n) is 4.11. The van der Waals surface area contributed by atoms with Crippen LogP contribution in [0.2, 0.25) is 10.0 Å². The van der Waals surface area contributed by atoms with Crippen LogP contribution >= 0.6 is 23.2 Å². The number of ether oxygens (including phenoxy) is 2. The van der Waals surface area contributed by atoms with Crippen LogP contribution in [0.1, 0.15) is 6.92 Å². The summed E-state index contributed by atoms with van der Waals surface area (Å²) in [6, 6.07) is 7.66. The summed E-state index contributed by atoms with van der Waals surface area (Å²) in [5, 5.41) is 2.65. The summed E-state index contributed by atoms with van der Waals surface area (Å²) in [5.41, 5.74) is 6.03. The van der Waals surface area contributed by atoms with Crippen LogP contribution in [-0.4, -0.2) is 62.0 Å². The summed E-state index contributed by atoms with van der Waals surface area (Å²) < 4.78 is 59.9. The molecule has 0 aliphatic rings. The number of benzene rings is 2. The van der Waals surface area contributed by atoms with E-state index in [0.29, 0.717) is 5.69 Å². The first-order valence-electron chi connectivity index (χ1n) is 9.88. The van der Waals surface area contributed by atoms with Crippen molar-refractivity contribution in [2.24, 2.45) is 0 Å². The summed E-state index contributed by atoms with van der Waals surface area (Å²) >= 11 is 11.6. The Morgan fingerprint density at radius 2 is 1.24 bits per heavy atom. The van der Waals surface area contributed by atoms with Gasteiger partial charge in [-0.2, -0.15) is 9.44 Å². The lowest BCUT2D eigenvalue weighted by atomic mass is 10.3. The van der Waals surface area contributed by atoms with Gasteiger partial charge in [0.05, 0.1) is 45.4 Å². The summed E-state index contributed by atoms with van der Waals surface area (Å²) in [5.74, 6) is -1.73. The van der Waals surface area contributed by atoms with E-state index in [1.165, 1.54) is 43.3 Å². The summed E-state index contributed by atoms with van der Waals surface area (Å²) in [6.45, 7) is 0.379. The van der Waals surface area contributed by atoms with E-state index in [2.05, 4.69) is 24.2 Å². The van der Waals surface area contributed by atoms with Gasteiger partial charge in [-0.3, -0.25) is 14.4 Å². The van der Waals surface area contributed by atoms with Gasteiger partial charge in [0.2, 0.25) is 26.0 Å². The van der Waals surface area contributed by atoms with Gasteiger partial charge >= 0.3 is 11.9 Å². The third-order valence-corrected chi connectivity index (χ3v) is 7.55. The zero-order valence-electron chi connectivity index (χ0n) is 19.7. The van der Waals surface area contributed by atoms with Crippen LogP contribution < -0.4 is 20.5 Å². The van der Waals surface area contributed by atoms with Crippen molar-refractivity contribution in [3.05, 3.63) is 46.4 Å². The highest BCUT2D eigenvalue weighted by Crippen LogP contribution is 2.25. The van der Waals surface area contributed by atoms with Gasteiger partial charge in [-0.1, -0.05) is 23.2 Å². The Bertz CT molecular complexity index is 1370. The Balaban J connectivity index is 0.000000375. The molecule has 0 radical (unpaired) electrons. The predicted molar refractivity (Wildman–Crippen MR) is 136 cm³/mol. The van der Waals surface area contributed by atoms with Crippen molar-refractivity contribution >= 4 is 72.5 Å². The van der Waals surface area contributed by atoms with Gasteiger partial charge in [0.25, 0.3) is 0 Å². The lowest BCUT2D eigenvalue weighted by Gasteiger charge is -2.09. The van der Waals surface area contributed by atoms with Crippen LogP contribution in [0.3, 0.4) is 0 Å². The Kier molecular flexibility index (Phi) is 12.2. The zero-order valence-corrected chi connectivity index (χ0v) is 22.8. The van der Waals surface area contributed by atoms with E-state index in [0.717, 1.165) is 14.2 Å². The maximum absolute atomic E-state index is 11.9. The van der Waals surface area contributed by atoms with Crippen LogP contribution in [0.4, 0.5) is 11.4 Å². The van der Waals surface area contributed by atoms with Gasteiger partial charge in [0, 0.05) is 6.92 Å². The number of carbonyl (C=O) groups is 3. The maximum atomic E-state index is 11.9. The van der Waals surface area contributed by atoms with Gasteiger partial charge in [0.15, 0.2) is 0 Å². The number of halogens is 2. The smallest absolute Gasteiger partial charge is 0.320 e. The Hall–Kier alpha value is -2.95. The quantitative estimate of drug-likeness (QED) is 0.239. The van der Waals surface area contributed by atoms with Crippen LogP contribution in [-0.2, 0) is 43.9 Å². The normalized spacial score (nSPS) is 11.1. The monoisotopic (exact) mass is 598 g/mol. The maximum Gasteiger partial charge on any atom is 0.320 e. The number of amides is 1. The first-order valence-corrected chi connectivity index (χ1v) is 13.6. The average molecular weight is 599 g/mol. The van der Waals surface area contributed by atoms with Crippen LogP contribution in [0, 0.1) is 0 Å². The van der Waals surface area contributed by atoms with E-state index in [4.69, 9.17) is 28.9 Å². The first-order chi connectivity index (χ1) is 17.1. The molecule has 0 atom stereocenters. The number of sulfonamides is 2. The standard InChI is InChI=1S/C11H13ClN2O5S.C9H11ClN2O4S/c1-7(15)14-10-4-3-8(5-9(10)12)20(17,18)13-6-11(16)19-2;1-16-9(13)5-12-17(14,15)6-2-3-8(11)7(10)4-6/h3-5,13H,6H2,1-2H3,(H,14,15);2-4,12H,5,11H2,1H3. The molecule has 0 aromatic heterocycles. The molecule has 204 valence electrons. The third kappa shape index (κ3) is 10.5. The molecule has 5 N–H and O–H groups in total. The molecule has 17 heteroatoms. The molecule has 2 aromatic carbocycles. The van der Waals surface area contributed by atoms with Crippen LogP contribution in [0.15, 0.2) is 46.2 Å². The number of carbonyl (C=O) groups excluding carboxylic acids is 3. The van der Waals surface area contributed by atoms with Crippen molar-refractivity contribution in [1.29, 1.82) is 0 Å². The number of esters is 2. The largest absolute Gasteiger partial charge is 0.468 e. The molecule has 0 aliphatic heterocycles. The van der Waals surface area contributed by atoms with Gasteiger partial charge < -0.3 is 20.5 Å². The van der Waals surface area contributed by atoms with Crippen molar-refractivity contribution < 1.29 is 40.7 Å². The summed E-state index contributed by atoms with van der Waals surface area (Å²) in [6.07, 6.45) is 0. The lowest BCUT2D eigenvalue weighted by molar-refractivity contribution is -0.140. The number of rotatable bonds is 9. The molecule has 0 saturated heterocycles. The molecular weight excluding hydrogens is 575 g/mol. The number of methoxy groups -OCH3 is 2. The number of hydrogen-bond acceptors (Lipinski definition) is 10.